The number of nitrogens with zero attached hydrogens (tertiary/aromatic N) is 7. The topological polar surface area (TPSA) is 86.3 Å². The molecule has 0 saturated carbocycles. The van der Waals surface area contributed by atoms with Crippen molar-refractivity contribution in [1.82, 2.24) is 35.0 Å². The first-order valence-electron chi connectivity index (χ1n) is 8.14. The van der Waals surface area contributed by atoms with Crippen LogP contribution in [-0.2, 0) is 12.7 Å². The highest BCUT2D eigenvalue weighted by atomic mass is 19.4. The number of halogens is 3. The van der Waals surface area contributed by atoms with Crippen LogP contribution in [-0.4, -0.2) is 35.0 Å². The van der Waals surface area contributed by atoms with Crippen LogP contribution in [0.5, 0.6) is 0 Å². The van der Waals surface area contributed by atoms with Gasteiger partial charge in [-0.2, -0.15) is 23.0 Å². The van der Waals surface area contributed by atoms with E-state index in [-0.39, 0.29) is 6.54 Å². The maximum absolute atomic E-state index is 12.7. The van der Waals surface area contributed by atoms with Crippen LogP contribution in [0.2, 0.25) is 0 Å². The normalized spacial score (nSPS) is 11.5. The Morgan fingerprint density at radius 3 is 2.29 bits per heavy atom. The standard InChI is InChI=1S/C17H13F3N8/c18-17(19,20)12-1-5-15(6-2-12)28-16(24-25-26-28)9-22-13-3-7-14(8-4-13)27-11-21-10-23-27/h1-8,10-11,22H,9H2. The number of anilines is 1. The van der Waals surface area contributed by atoms with Gasteiger partial charge in [0, 0.05) is 5.69 Å². The highest BCUT2D eigenvalue weighted by Gasteiger charge is 2.30. The molecule has 0 unspecified atom stereocenters. The Hall–Kier alpha value is -3.76. The molecule has 4 aromatic rings. The molecule has 0 aliphatic rings. The molecule has 28 heavy (non-hydrogen) atoms. The van der Waals surface area contributed by atoms with Crippen molar-refractivity contribution in [1.29, 1.82) is 0 Å². The first-order chi connectivity index (χ1) is 13.5. The van der Waals surface area contributed by atoms with Crippen molar-refractivity contribution in [3.05, 3.63) is 72.6 Å². The Balaban J connectivity index is 1.46. The van der Waals surface area contributed by atoms with E-state index in [1.165, 1.54) is 23.1 Å². The monoisotopic (exact) mass is 386 g/mol. The number of nitrogens with one attached hydrogen (secondary N) is 1. The molecule has 0 atom stereocenters. The van der Waals surface area contributed by atoms with Gasteiger partial charge >= 0.3 is 6.18 Å². The second-order valence-electron chi connectivity index (χ2n) is 5.79. The minimum Gasteiger partial charge on any atom is -0.378 e. The van der Waals surface area contributed by atoms with Gasteiger partial charge < -0.3 is 5.32 Å². The lowest BCUT2D eigenvalue weighted by atomic mass is 10.2. The lowest BCUT2D eigenvalue weighted by Crippen LogP contribution is -2.10. The number of benzene rings is 2. The van der Waals surface area contributed by atoms with Gasteiger partial charge in [-0.05, 0) is 59.0 Å². The summed E-state index contributed by atoms with van der Waals surface area (Å²) in [6.07, 6.45) is -1.34. The molecule has 2 aromatic heterocycles. The molecule has 0 fully saturated rings. The molecular weight excluding hydrogens is 373 g/mol. The molecular formula is C17H13F3N8. The van der Waals surface area contributed by atoms with Crippen LogP contribution in [0.15, 0.2) is 61.2 Å². The second-order valence-corrected chi connectivity index (χ2v) is 5.79. The SMILES string of the molecule is FC(F)(F)c1ccc(-n2nnnc2CNc2ccc(-n3cncn3)cc2)cc1. The molecule has 0 spiro atoms. The van der Waals surface area contributed by atoms with Crippen molar-refractivity contribution in [2.45, 2.75) is 12.7 Å². The summed E-state index contributed by atoms with van der Waals surface area (Å²) in [4.78, 5) is 3.90. The van der Waals surface area contributed by atoms with Crippen molar-refractivity contribution >= 4 is 5.69 Å². The number of rotatable bonds is 5. The van der Waals surface area contributed by atoms with Crippen LogP contribution in [0.3, 0.4) is 0 Å². The number of tetrazole rings is 1. The average Bonchev–Trinajstić information content (AvgIpc) is 3.38. The van der Waals surface area contributed by atoms with Gasteiger partial charge in [0.05, 0.1) is 23.5 Å². The third kappa shape index (κ3) is 3.68. The molecule has 142 valence electrons. The third-order valence-corrected chi connectivity index (χ3v) is 3.97. The van der Waals surface area contributed by atoms with Crippen molar-refractivity contribution in [2.75, 3.05) is 5.32 Å². The van der Waals surface area contributed by atoms with E-state index in [0.29, 0.717) is 11.5 Å². The van der Waals surface area contributed by atoms with E-state index in [4.69, 9.17) is 0 Å². The summed E-state index contributed by atoms with van der Waals surface area (Å²) in [6.45, 7) is 0.288. The Kier molecular flexibility index (Phi) is 4.47. The predicted octanol–water partition coefficient (Wildman–Crippen LogP) is 2.87. The molecule has 0 amide bonds. The van der Waals surface area contributed by atoms with Gasteiger partial charge in [0.25, 0.3) is 0 Å². The smallest absolute Gasteiger partial charge is 0.378 e. The first kappa shape index (κ1) is 17.6. The summed E-state index contributed by atoms with van der Waals surface area (Å²) >= 11 is 0. The van der Waals surface area contributed by atoms with Crippen molar-refractivity contribution < 1.29 is 13.2 Å². The van der Waals surface area contributed by atoms with Crippen LogP contribution in [0.25, 0.3) is 11.4 Å². The molecule has 0 radical (unpaired) electrons. The van der Waals surface area contributed by atoms with Crippen molar-refractivity contribution in [3.63, 3.8) is 0 Å². The second kappa shape index (κ2) is 7.10. The number of alkyl halides is 3. The van der Waals surface area contributed by atoms with Crippen LogP contribution in [0.1, 0.15) is 11.4 Å². The fourth-order valence-corrected chi connectivity index (χ4v) is 2.56. The van der Waals surface area contributed by atoms with E-state index < -0.39 is 11.7 Å². The zero-order chi connectivity index (χ0) is 19.6. The van der Waals surface area contributed by atoms with Crippen molar-refractivity contribution in [2.24, 2.45) is 0 Å². The Morgan fingerprint density at radius 2 is 1.64 bits per heavy atom. The van der Waals surface area contributed by atoms with E-state index in [1.54, 1.807) is 11.0 Å². The van der Waals surface area contributed by atoms with Gasteiger partial charge in [-0.15, -0.1) is 5.10 Å². The summed E-state index contributed by atoms with van der Waals surface area (Å²) in [5, 5.41) is 18.6. The van der Waals surface area contributed by atoms with Gasteiger partial charge in [0.2, 0.25) is 0 Å². The lowest BCUT2D eigenvalue weighted by Gasteiger charge is -2.10. The molecule has 2 aromatic carbocycles. The molecule has 1 N–H and O–H groups in total. The van der Waals surface area contributed by atoms with E-state index in [1.807, 2.05) is 24.3 Å². The van der Waals surface area contributed by atoms with E-state index in [0.717, 1.165) is 23.5 Å². The van der Waals surface area contributed by atoms with Crippen molar-refractivity contribution in [3.8, 4) is 11.4 Å². The zero-order valence-electron chi connectivity index (χ0n) is 14.2. The lowest BCUT2D eigenvalue weighted by molar-refractivity contribution is -0.137. The molecule has 0 aliphatic carbocycles. The molecule has 0 aliphatic heterocycles. The largest absolute Gasteiger partial charge is 0.416 e. The minimum atomic E-state index is -4.39. The van der Waals surface area contributed by atoms with Crippen LogP contribution >= 0.6 is 0 Å². The number of hydrogen-bond acceptors (Lipinski definition) is 6. The summed E-state index contributed by atoms with van der Waals surface area (Å²) in [5.41, 5.74) is 1.40. The van der Waals surface area contributed by atoms with E-state index >= 15 is 0 Å². The quantitative estimate of drug-likeness (QED) is 0.568. The van der Waals surface area contributed by atoms with Crippen LogP contribution < -0.4 is 5.32 Å². The van der Waals surface area contributed by atoms with Gasteiger partial charge in [-0.1, -0.05) is 0 Å². The van der Waals surface area contributed by atoms with Gasteiger partial charge in [0.15, 0.2) is 5.82 Å². The Labute approximate surface area is 156 Å². The molecule has 8 nitrogen and oxygen atoms in total. The van der Waals surface area contributed by atoms with Crippen LogP contribution in [0.4, 0.5) is 18.9 Å². The fourth-order valence-electron chi connectivity index (χ4n) is 2.56. The van der Waals surface area contributed by atoms with Gasteiger partial charge in [-0.25, -0.2) is 9.67 Å². The molecule has 0 bridgehead atoms. The van der Waals surface area contributed by atoms with Gasteiger partial charge in [0.1, 0.15) is 12.7 Å². The maximum Gasteiger partial charge on any atom is 0.416 e. The highest BCUT2D eigenvalue weighted by Crippen LogP contribution is 2.29. The van der Waals surface area contributed by atoms with E-state index in [9.17, 15) is 13.2 Å². The maximum atomic E-state index is 12.7. The summed E-state index contributed by atoms with van der Waals surface area (Å²) in [7, 11) is 0. The summed E-state index contributed by atoms with van der Waals surface area (Å²) in [6, 6.07) is 12.1. The molecule has 2 heterocycles. The predicted molar refractivity (Wildman–Crippen MR) is 92.8 cm³/mol. The Morgan fingerprint density at radius 1 is 0.929 bits per heavy atom. The first-order valence-corrected chi connectivity index (χ1v) is 8.14. The van der Waals surface area contributed by atoms with Crippen LogP contribution in [0, 0.1) is 0 Å². The van der Waals surface area contributed by atoms with Gasteiger partial charge in [-0.3, -0.25) is 0 Å². The molecule has 4 rings (SSSR count). The Bertz CT molecular complexity index is 1040. The average molecular weight is 386 g/mol. The molecule has 11 heteroatoms. The zero-order valence-corrected chi connectivity index (χ0v) is 14.2. The number of hydrogen-bond donors (Lipinski definition) is 1. The minimum absolute atomic E-state index is 0.288. The third-order valence-electron chi connectivity index (χ3n) is 3.97. The summed E-state index contributed by atoms with van der Waals surface area (Å²) in [5.74, 6) is 0.458. The number of aromatic nitrogens is 7. The summed E-state index contributed by atoms with van der Waals surface area (Å²) < 4.78 is 41.1. The van der Waals surface area contributed by atoms with E-state index in [2.05, 4.69) is 30.9 Å². The highest BCUT2D eigenvalue weighted by molar-refractivity contribution is 5.48. The molecule has 0 saturated heterocycles. The fraction of sp³-hybridized carbons (Fsp3) is 0.118.